The predicted octanol–water partition coefficient (Wildman–Crippen LogP) is 2.68. The van der Waals surface area contributed by atoms with Gasteiger partial charge in [-0.2, -0.15) is 0 Å². The molecule has 0 bridgehead atoms. The molecule has 0 radical (unpaired) electrons. The Balaban J connectivity index is 2.10. The van der Waals surface area contributed by atoms with Crippen molar-refractivity contribution in [2.45, 2.75) is 30.7 Å². The van der Waals surface area contributed by atoms with Crippen LogP contribution in [0.3, 0.4) is 0 Å². The van der Waals surface area contributed by atoms with Crippen molar-refractivity contribution in [1.82, 2.24) is 14.5 Å². The van der Waals surface area contributed by atoms with Gasteiger partial charge in [0.15, 0.2) is 0 Å². The molecule has 19 heavy (non-hydrogen) atoms. The molecule has 0 spiro atoms. The summed E-state index contributed by atoms with van der Waals surface area (Å²) in [7, 11) is 0. The highest BCUT2D eigenvalue weighted by molar-refractivity contribution is 7.98. The van der Waals surface area contributed by atoms with Crippen LogP contribution in [-0.4, -0.2) is 25.6 Å². The topological polar surface area (TPSA) is 68.0 Å². The van der Waals surface area contributed by atoms with Gasteiger partial charge in [0, 0.05) is 30.4 Å². The molecule has 2 aromatic rings. The molecular weight excluding hydrogens is 262 g/mol. The number of carboxylic acids is 1. The van der Waals surface area contributed by atoms with E-state index in [9.17, 15) is 4.79 Å². The minimum atomic E-state index is -0.947. The van der Waals surface area contributed by atoms with Gasteiger partial charge in [-0.3, -0.25) is 0 Å². The van der Waals surface area contributed by atoms with Crippen LogP contribution in [0, 0.1) is 0 Å². The molecule has 1 N–H and O–H groups in total. The highest BCUT2D eigenvalue weighted by Crippen LogP contribution is 2.24. The van der Waals surface area contributed by atoms with Crippen molar-refractivity contribution in [2.24, 2.45) is 0 Å². The minimum Gasteiger partial charge on any atom is -0.478 e. The number of rotatable bonds is 6. The zero-order valence-electron chi connectivity index (χ0n) is 10.6. The maximum absolute atomic E-state index is 11.1. The zero-order chi connectivity index (χ0) is 13.7. The van der Waals surface area contributed by atoms with Crippen LogP contribution >= 0.6 is 11.8 Å². The van der Waals surface area contributed by atoms with E-state index < -0.39 is 5.97 Å². The van der Waals surface area contributed by atoms with E-state index in [1.165, 1.54) is 11.8 Å². The van der Waals surface area contributed by atoms with E-state index in [2.05, 4.69) is 21.5 Å². The summed E-state index contributed by atoms with van der Waals surface area (Å²) in [6.45, 7) is 3.03. The Bertz CT molecular complexity index is 569. The summed E-state index contributed by atoms with van der Waals surface area (Å²) in [6.07, 6.45) is 6.26. The third-order valence-corrected chi connectivity index (χ3v) is 3.66. The number of thioether (sulfide) groups is 1. The second-order valence-electron chi connectivity index (χ2n) is 4.03. The third kappa shape index (κ3) is 3.35. The number of pyridine rings is 1. The van der Waals surface area contributed by atoms with Crippen LogP contribution in [0.15, 0.2) is 35.9 Å². The van der Waals surface area contributed by atoms with E-state index in [0.717, 1.165) is 18.7 Å². The zero-order valence-corrected chi connectivity index (χ0v) is 11.4. The maximum Gasteiger partial charge on any atom is 0.338 e. The van der Waals surface area contributed by atoms with Gasteiger partial charge in [-0.1, -0.05) is 18.7 Å². The van der Waals surface area contributed by atoms with Crippen molar-refractivity contribution in [3.8, 4) is 0 Å². The van der Waals surface area contributed by atoms with Crippen molar-refractivity contribution in [3.63, 3.8) is 0 Å². The molecular formula is C13H15N3O2S. The molecule has 100 valence electrons. The van der Waals surface area contributed by atoms with E-state index in [1.807, 2.05) is 6.20 Å². The first-order valence-corrected chi connectivity index (χ1v) is 7.01. The molecule has 0 aliphatic rings. The van der Waals surface area contributed by atoms with Crippen molar-refractivity contribution < 1.29 is 9.90 Å². The predicted molar refractivity (Wildman–Crippen MR) is 73.3 cm³/mol. The van der Waals surface area contributed by atoms with E-state index in [0.29, 0.717) is 10.8 Å². The summed E-state index contributed by atoms with van der Waals surface area (Å²) in [5, 5.41) is 9.63. The SMILES string of the molecule is CCCn1cncc1CSc1ncccc1C(=O)O. The smallest absolute Gasteiger partial charge is 0.338 e. The number of nitrogens with zero attached hydrogens (tertiary/aromatic N) is 3. The lowest BCUT2D eigenvalue weighted by Crippen LogP contribution is -2.02. The molecule has 0 fully saturated rings. The van der Waals surface area contributed by atoms with Crippen LogP contribution in [0.25, 0.3) is 0 Å². The largest absolute Gasteiger partial charge is 0.478 e. The molecule has 0 saturated heterocycles. The first-order chi connectivity index (χ1) is 9.22. The number of hydrogen-bond acceptors (Lipinski definition) is 4. The van der Waals surface area contributed by atoms with Crippen LogP contribution in [-0.2, 0) is 12.3 Å². The summed E-state index contributed by atoms with van der Waals surface area (Å²) >= 11 is 1.42. The summed E-state index contributed by atoms with van der Waals surface area (Å²) in [6, 6.07) is 3.20. The number of aromatic nitrogens is 3. The number of carboxylic acid groups (broad SMARTS) is 1. The molecule has 0 saturated carbocycles. The van der Waals surface area contributed by atoms with Gasteiger partial charge in [0.25, 0.3) is 0 Å². The fourth-order valence-corrected chi connectivity index (χ4v) is 2.69. The van der Waals surface area contributed by atoms with Crippen LogP contribution in [0.5, 0.6) is 0 Å². The number of aromatic carboxylic acids is 1. The number of carbonyl (C=O) groups is 1. The second-order valence-corrected chi connectivity index (χ2v) is 4.99. The van der Waals surface area contributed by atoms with E-state index >= 15 is 0 Å². The summed E-state index contributed by atoms with van der Waals surface area (Å²) in [4.78, 5) is 19.3. The Morgan fingerprint density at radius 1 is 1.53 bits per heavy atom. The lowest BCUT2D eigenvalue weighted by Gasteiger charge is -2.07. The van der Waals surface area contributed by atoms with Crippen LogP contribution in [0.4, 0.5) is 0 Å². The molecule has 0 aliphatic carbocycles. The van der Waals surface area contributed by atoms with Gasteiger partial charge in [-0.15, -0.1) is 0 Å². The third-order valence-electron chi connectivity index (χ3n) is 2.62. The van der Waals surface area contributed by atoms with Gasteiger partial charge in [0.1, 0.15) is 5.03 Å². The van der Waals surface area contributed by atoms with Gasteiger partial charge >= 0.3 is 5.97 Å². The molecule has 2 aromatic heterocycles. The molecule has 0 atom stereocenters. The summed E-state index contributed by atoms with van der Waals surface area (Å²) < 4.78 is 2.08. The average molecular weight is 277 g/mol. The number of hydrogen-bond donors (Lipinski definition) is 1. The highest BCUT2D eigenvalue weighted by Gasteiger charge is 2.12. The standard InChI is InChI=1S/C13H15N3O2S/c1-2-6-16-9-14-7-10(16)8-19-12-11(13(17)18)4-3-5-15-12/h3-5,7,9H,2,6,8H2,1H3,(H,17,18). The van der Waals surface area contributed by atoms with Crippen molar-refractivity contribution in [1.29, 1.82) is 0 Å². The van der Waals surface area contributed by atoms with Crippen LogP contribution in [0.2, 0.25) is 0 Å². The van der Waals surface area contributed by atoms with Crippen molar-refractivity contribution >= 4 is 17.7 Å². The quantitative estimate of drug-likeness (QED) is 0.822. The Morgan fingerprint density at radius 3 is 3.11 bits per heavy atom. The monoisotopic (exact) mass is 277 g/mol. The molecule has 5 nitrogen and oxygen atoms in total. The van der Waals surface area contributed by atoms with E-state index in [1.54, 1.807) is 24.7 Å². The van der Waals surface area contributed by atoms with Crippen LogP contribution in [0.1, 0.15) is 29.4 Å². The fourth-order valence-electron chi connectivity index (χ4n) is 1.72. The summed E-state index contributed by atoms with van der Waals surface area (Å²) in [5.41, 5.74) is 1.32. The van der Waals surface area contributed by atoms with Gasteiger partial charge in [0.2, 0.25) is 0 Å². The lowest BCUT2D eigenvalue weighted by molar-refractivity contribution is 0.0692. The molecule has 0 aliphatic heterocycles. The molecule has 0 unspecified atom stereocenters. The molecule has 0 aromatic carbocycles. The maximum atomic E-state index is 11.1. The van der Waals surface area contributed by atoms with Gasteiger partial charge < -0.3 is 9.67 Å². The Kier molecular flexibility index (Phi) is 4.57. The Labute approximate surface area is 115 Å². The first-order valence-electron chi connectivity index (χ1n) is 6.02. The van der Waals surface area contributed by atoms with Crippen molar-refractivity contribution in [3.05, 3.63) is 42.1 Å². The Morgan fingerprint density at radius 2 is 2.37 bits per heavy atom. The highest BCUT2D eigenvalue weighted by atomic mass is 32.2. The van der Waals surface area contributed by atoms with Gasteiger partial charge in [-0.05, 0) is 18.6 Å². The molecule has 0 amide bonds. The fraction of sp³-hybridized carbons (Fsp3) is 0.308. The normalized spacial score (nSPS) is 10.6. The number of imidazole rings is 1. The number of aryl methyl sites for hydroxylation is 1. The van der Waals surface area contributed by atoms with Gasteiger partial charge in [0.05, 0.1) is 11.9 Å². The van der Waals surface area contributed by atoms with E-state index in [4.69, 9.17) is 5.11 Å². The summed E-state index contributed by atoms with van der Waals surface area (Å²) in [5.74, 6) is -0.283. The molecule has 2 rings (SSSR count). The van der Waals surface area contributed by atoms with Crippen LogP contribution < -0.4 is 0 Å². The first kappa shape index (κ1) is 13.6. The van der Waals surface area contributed by atoms with Crippen molar-refractivity contribution in [2.75, 3.05) is 0 Å². The minimum absolute atomic E-state index is 0.244. The Hall–Kier alpha value is -1.82. The van der Waals surface area contributed by atoms with E-state index in [-0.39, 0.29) is 5.56 Å². The lowest BCUT2D eigenvalue weighted by atomic mass is 10.3. The second kappa shape index (κ2) is 6.38. The average Bonchev–Trinajstić information content (AvgIpc) is 2.84. The molecule has 6 heteroatoms. The molecule has 2 heterocycles. The van der Waals surface area contributed by atoms with Gasteiger partial charge in [-0.25, -0.2) is 14.8 Å².